The average Bonchev–Trinajstić information content (AvgIpc) is 3.19. The molecule has 1 atom stereocenters. The standard InChI is InChI=1S/C16H15ClN4O2S2/c1-9(15(22)19-13-6-4-3-5-12(13)17)25-16-21-20-14(23-16)7-11-8-24-10(2)18-11/h3-6,8-9H,7H2,1-2H3,(H,19,22)/t9-/m0/s1. The Hall–Kier alpha value is -1.90. The molecule has 0 spiro atoms. The Balaban J connectivity index is 1.58. The number of anilines is 1. The van der Waals surface area contributed by atoms with Gasteiger partial charge in [-0.15, -0.1) is 21.5 Å². The first-order valence-electron chi connectivity index (χ1n) is 7.46. The van der Waals surface area contributed by atoms with Crippen molar-refractivity contribution in [2.75, 3.05) is 5.32 Å². The summed E-state index contributed by atoms with van der Waals surface area (Å²) in [6, 6.07) is 7.08. The van der Waals surface area contributed by atoms with Gasteiger partial charge in [0.25, 0.3) is 5.22 Å². The summed E-state index contributed by atoms with van der Waals surface area (Å²) in [6.07, 6.45) is 0.484. The number of carbonyl (C=O) groups excluding carboxylic acids is 1. The Labute approximate surface area is 158 Å². The van der Waals surface area contributed by atoms with Gasteiger partial charge in [0.1, 0.15) is 0 Å². The molecule has 0 aliphatic carbocycles. The number of thiazole rings is 1. The molecule has 0 unspecified atom stereocenters. The Morgan fingerprint density at radius 3 is 2.92 bits per heavy atom. The second-order valence-corrected chi connectivity index (χ2v) is 7.99. The zero-order chi connectivity index (χ0) is 17.8. The van der Waals surface area contributed by atoms with Crippen LogP contribution in [-0.2, 0) is 11.2 Å². The van der Waals surface area contributed by atoms with Crippen LogP contribution in [0, 0.1) is 6.92 Å². The number of halogens is 1. The molecule has 6 nitrogen and oxygen atoms in total. The van der Waals surface area contributed by atoms with Gasteiger partial charge in [-0.2, -0.15) is 0 Å². The lowest BCUT2D eigenvalue weighted by atomic mass is 10.3. The van der Waals surface area contributed by atoms with Crippen molar-refractivity contribution >= 4 is 46.3 Å². The van der Waals surface area contributed by atoms with Crippen LogP contribution < -0.4 is 5.32 Å². The van der Waals surface area contributed by atoms with E-state index in [0.29, 0.717) is 28.2 Å². The van der Waals surface area contributed by atoms with E-state index in [1.165, 1.54) is 11.8 Å². The highest BCUT2D eigenvalue weighted by atomic mass is 35.5. The molecule has 2 heterocycles. The van der Waals surface area contributed by atoms with Crippen molar-refractivity contribution in [1.29, 1.82) is 0 Å². The van der Waals surface area contributed by atoms with Gasteiger partial charge >= 0.3 is 0 Å². The number of amides is 1. The molecule has 25 heavy (non-hydrogen) atoms. The van der Waals surface area contributed by atoms with E-state index in [4.69, 9.17) is 16.0 Å². The maximum Gasteiger partial charge on any atom is 0.277 e. The van der Waals surface area contributed by atoms with E-state index in [0.717, 1.165) is 10.7 Å². The zero-order valence-corrected chi connectivity index (χ0v) is 15.9. The molecule has 0 radical (unpaired) electrons. The quantitative estimate of drug-likeness (QED) is 0.631. The normalized spacial score (nSPS) is 12.1. The fourth-order valence-corrected chi connectivity index (χ4v) is 3.50. The molecule has 3 aromatic rings. The molecule has 0 saturated heterocycles. The predicted octanol–water partition coefficient (Wildman–Crippen LogP) is 4.20. The molecular formula is C16H15ClN4O2S2. The first-order valence-corrected chi connectivity index (χ1v) is 9.60. The highest BCUT2D eigenvalue weighted by Gasteiger charge is 2.19. The number of aryl methyl sites for hydroxylation is 1. The molecule has 1 N–H and O–H groups in total. The molecule has 0 saturated carbocycles. The summed E-state index contributed by atoms with van der Waals surface area (Å²) in [4.78, 5) is 16.6. The van der Waals surface area contributed by atoms with Crippen LogP contribution in [0.4, 0.5) is 5.69 Å². The van der Waals surface area contributed by atoms with Crippen molar-refractivity contribution in [1.82, 2.24) is 15.2 Å². The van der Waals surface area contributed by atoms with Gasteiger partial charge in [0.2, 0.25) is 11.8 Å². The van der Waals surface area contributed by atoms with Gasteiger partial charge < -0.3 is 9.73 Å². The Bertz CT molecular complexity index is 880. The summed E-state index contributed by atoms with van der Waals surface area (Å²) < 4.78 is 5.59. The minimum absolute atomic E-state index is 0.187. The Kier molecular flexibility index (Phi) is 5.72. The van der Waals surface area contributed by atoms with Gasteiger partial charge in [-0.05, 0) is 26.0 Å². The highest BCUT2D eigenvalue weighted by molar-refractivity contribution is 8.00. The second kappa shape index (κ2) is 7.99. The molecule has 0 fully saturated rings. The Morgan fingerprint density at radius 1 is 1.40 bits per heavy atom. The van der Waals surface area contributed by atoms with Crippen molar-refractivity contribution in [3.8, 4) is 0 Å². The molecular weight excluding hydrogens is 380 g/mol. The van der Waals surface area contributed by atoms with Crippen LogP contribution >= 0.6 is 34.7 Å². The fraction of sp³-hybridized carbons (Fsp3) is 0.250. The maximum absolute atomic E-state index is 12.3. The molecule has 0 aliphatic heterocycles. The van der Waals surface area contributed by atoms with E-state index in [9.17, 15) is 4.79 Å². The number of nitrogens with one attached hydrogen (secondary N) is 1. The van der Waals surface area contributed by atoms with Gasteiger partial charge in [-0.25, -0.2) is 4.98 Å². The smallest absolute Gasteiger partial charge is 0.277 e. The number of carbonyl (C=O) groups is 1. The van der Waals surface area contributed by atoms with Crippen LogP contribution in [0.1, 0.15) is 23.5 Å². The highest BCUT2D eigenvalue weighted by Crippen LogP contribution is 2.26. The number of hydrogen-bond donors (Lipinski definition) is 1. The Morgan fingerprint density at radius 2 is 2.20 bits per heavy atom. The molecule has 1 amide bonds. The fourth-order valence-electron chi connectivity index (χ4n) is 2.00. The van der Waals surface area contributed by atoms with Crippen LogP contribution in [0.25, 0.3) is 0 Å². The van der Waals surface area contributed by atoms with Crippen LogP contribution in [0.2, 0.25) is 5.02 Å². The third kappa shape index (κ3) is 4.81. The van der Waals surface area contributed by atoms with Crippen LogP contribution in [0.5, 0.6) is 0 Å². The first kappa shape index (κ1) is 17.9. The minimum Gasteiger partial charge on any atom is -0.416 e. The first-order chi connectivity index (χ1) is 12.0. The van der Waals surface area contributed by atoms with Crippen LogP contribution in [-0.4, -0.2) is 26.3 Å². The summed E-state index contributed by atoms with van der Waals surface area (Å²) in [5, 5.41) is 14.2. The SMILES string of the molecule is Cc1nc(Cc2nnc(S[C@@H](C)C(=O)Nc3ccccc3Cl)o2)cs1. The maximum atomic E-state index is 12.3. The molecule has 3 rings (SSSR count). The lowest BCUT2D eigenvalue weighted by Crippen LogP contribution is -2.22. The molecule has 1 aromatic carbocycles. The van der Waals surface area contributed by atoms with E-state index in [1.54, 1.807) is 36.5 Å². The summed E-state index contributed by atoms with van der Waals surface area (Å²) in [6.45, 7) is 3.72. The summed E-state index contributed by atoms with van der Waals surface area (Å²) in [5.74, 6) is 0.291. The topological polar surface area (TPSA) is 80.9 Å². The number of thioether (sulfide) groups is 1. The van der Waals surface area contributed by atoms with E-state index < -0.39 is 5.25 Å². The van der Waals surface area contributed by atoms with E-state index in [2.05, 4.69) is 20.5 Å². The molecule has 9 heteroatoms. The number of rotatable bonds is 6. The van der Waals surface area contributed by atoms with E-state index in [1.807, 2.05) is 18.4 Å². The van der Waals surface area contributed by atoms with Crippen molar-refractivity contribution < 1.29 is 9.21 Å². The number of aromatic nitrogens is 3. The number of hydrogen-bond acceptors (Lipinski definition) is 7. The van der Waals surface area contributed by atoms with Crippen LogP contribution in [0.3, 0.4) is 0 Å². The zero-order valence-electron chi connectivity index (χ0n) is 13.5. The average molecular weight is 395 g/mol. The van der Waals surface area contributed by atoms with Crippen molar-refractivity contribution in [2.24, 2.45) is 0 Å². The molecule has 0 aliphatic rings. The molecule has 0 bridgehead atoms. The summed E-state index contributed by atoms with van der Waals surface area (Å²) in [5.41, 5.74) is 1.47. The minimum atomic E-state index is -0.411. The largest absolute Gasteiger partial charge is 0.416 e. The van der Waals surface area contributed by atoms with Gasteiger partial charge in [0, 0.05) is 5.38 Å². The van der Waals surface area contributed by atoms with Gasteiger partial charge in [-0.1, -0.05) is 35.5 Å². The lowest BCUT2D eigenvalue weighted by Gasteiger charge is -2.10. The number of benzene rings is 1. The monoisotopic (exact) mass is 394 g/mol. The second-order valence-electron chi connectivity index (χ2n) is 5.23. The molecule has 130 valence electrons. The molecule has 2 aromatic heterocycles. The van der Waals surface area contributed by atoms with Crippen molar-refractivity contribution in [3.05, 3.63) is 51.3 Å². The van der Waals surface area contributed by atoms with Crippen LogP contribution in [0.15, 0.2) is 39.3 Å². The third-order valence-corrected chi connectivity index (χ3v) is 5.31. The van der Waals surface area contributed by atoms with E-state index in [-0.39, 0.29) is 5.91 Å². The number of nitrogens with zero attached hydrogens (tertiary/aromatic N) is 3. The van der Waals surface area contributed by atoms with Crippen molar-refractivity contribution in [2.45, 2.75) is 30.7 Å². The van der Waals surface area contributed by atoms with Crippen molar-refractivity contribution in [3.63, 3.8) is 0 Å². The summed E-state index contributed by atoms with van der Waals surface area (Å²) >= 11 is 8.83. The number of para-hydroxylation sites is 1. The van der Waals surface area contributed by atoms with E-state index >= 15 is 0 Å². The predicted molar refractivity (Wildman–Crippen MR) is 99.4 cm³/mol. The van der Waals surface area contributed by atoms with Gasteiger partial charge in [0.05, 0.1) is 33.1 Å². The van der Waals surface area contributed by atoms with Gasteiger partial charge in [-0.3, -0.25) is 4.79 Å². The van der Waals surface area contributed by atoms with Gasteiger partial charge in [0.15, 0.2) is 0 Å². The lowest BCUT2D eigenvalue weighted by molar-refractivity contribution is -0.115. The summed E-state index contributed by atoms with van der Waals surface area (Å²) in [7, 11) is 0. The third-order valence-electron chi connectivity index (χ3n) is 3.23.